The zero-order chi connectivity index (χ0) is 21.5. The Morgan fingerprint density at radius 1 is 1.13 bits per heavy atom. The van der Waals surface area contributed by atoms with E-state index >= 15 is 0 Å². The molecule has 3 aromatic rings. The maximum Gasteiger partial charge on any atom is 0.342 e. The summed E-state index contributed by atoms with van der Waals surface area (Å²) in [5, 5.41) is 14.9. The highest BCUT2D eigenvalue weighted by Crippen LogP contribution is 2.15. The second-order valence-electron chi connectivity index (χ2n) is 6.47. The third kappa shape index (κ3) is 4.99. The van der Waals surface area contributed by atoms with E-state index in [4.69, 9.17) is 9.47 Å². The van der Waals surface area contributed by atoms with Gasteiger partial charge in [0.05, 0.1) is 18.5 Å². The Balaban J connectivity index is 1.62. The number of ether oxygens (including phenoxy) is 2. The van der Waals surface area contributed by atoms with Gasteiger partial charge in [0.1, 0.15) is 5.56 Å². The lowest BCUT2D eigenvalue weighted by atomic mass is 10.2. The van der Waals surface area contributed by atoms with Gasteiger partial charge in [0, 0.05) is 12.6 Å². The number of hydrogen-bond donors (Lipinski definition) is 1. The van der Waals surface area contributed by atoms with E-state index in [-0.39, 0.29) is 11.5 Å². The second-order valence-corrected chi connectivity index (χ2v) is 6.47. The van der Waals surface area contributed by atoms with E-state index in [1.54, 1.807) is 19.1 Å². The van der Waals surface area contributed by atoms with Gasteiger partial charge in [-0.1, -0.05) is 30.3 Å². The van der Waals surface area contributed by atoms with E-state index in [0.29, 0.717) is 30.5 Å². The first-order valence-electron chi connectivity index (χ1n) is 9.53. The summed E-state index contributed by atoms with van der Waals surface area (Å²) in [5.74, 6) is -0.181. The zero-order valence-electron chi connectivity index (χ0n) is 17.0. The number of carbonyl (C=O) groups is 2. The molecule has 0 fully saturated rings. The third-order valence-electron chi connectivity index (χ3n) is 4.33. The largest absolute Gasteiger partial charge is 0.477 e. The van der Waals surface area contributed by atoms with Crippen LogP contribution in [0.3, 0.4) is 0 Å². The van der Waals surface area contributed by atoms with Gasteiger partial charge in [0.2, 0.25) is 5.88 Å². The van der Waals surface area contributed by atoms with Crippen molar-refractivity contribution in [1.29, 1.82) is 0 Å². The van der Waals surface area contributed by atoms with E-state index in [2.05, 4.69) is 20.6 Å². The molecule has 0 aliphatic heterocycles. The number of rotatable bonds is 8. The minimum Gasteiger partial charge on any atom is -0.477 e. The first-order chi connectivity index (χ1) is 14.5. The molecule has 0 saturated carbocycles. The minimum absolute atomic E-state index is 0.244. The zero-order valence-corrected chi connectivity index (χ0v) is 17.0. The molecule has 156 valence electrons. The molecule has 9 heteroatoms. The summed E-state index contributed by atoms with van der Waals surface area (Å²) >= 11 is 0. The number of nitrogens with one attached hydrogen (secondary N) is 1. The van der Waals surface area contributed by atoms with E-state index in [9.17, 15) is 9.59 Å². The van der Waals surface area contributed by atoms with Crippen LogP contribution in [0.2, 0.25) is 0 Å². The number of esters is 1. The van der Waals surface area contributed by atoms with E-state index in [1.807, 2.05) is 37.3 Å². The normalized spacial score (nSPS) is 11.6. The highest BCUT2D eigenvalue weighted by Gasteiger charge is 2.22. The average molecular weight is 409 g/mol. The molecule has 9 nitrogen and oxygen atoms in total. The molecule has 1 aromatic carbocycles. The van der Waals surface area contributed by atoms with Crippen LogP contribution < -0.4 is 10.1 Å². The third-order valence-corrected chi connectivity index (χ3v) is 4.33. The highest BCUT2D eigenvalue weighted by atomic mass is 16.5. The lowest BCUT2D eigenvalue weighted by molar-refractivity contribution is -0.129. The number of amides is 1. The smallest absolute Gasteiger partial charge is 0.342 e. The van der Waals surface area contributed by atoms with Crippen molar-refractivity contribution < 1.29 is 19.1 Å². The Kier molecular flexibility index (Phi) is 6.74. The van der Waals surface area contributed by atoms with Crippen molar-refractivity contribution in [2.24, 2.45) is 0 Å². The summed E-state index contributed by atoms with van der Waals surface area (Å²) in [7, 11) is 0. The van der Waals surface area contributed by atoms with Crippen LogP contribution in [0.15, 0.2) is 48.7 Å². The average Bonchev–Trinajstić information content (AvgIpc) is 3.15. The molecule has 1 unspecified atom stereocenters. The van der Waals surface area contributed by atoms with E-state index < -0.39 is 12.1 Å². The Hall–Kier alpha value is -3.75. The molecule has 1 N–H and O–H groups in total. The summed E-state index contributed by atoms with van der Waals surface area (Å²) in [6, 6.07) is 12.8. The Morgan fingerprint density at radius 2 is 1.90 bits per heavy atom. The number of hydrogen-bond acceptors (Lipinski definition) is 7. The van der Waals surface area contributed by atoms with Crippen LogP contribution in [0.5, 0.6) is 5.88 Å². The fraction of sp³-hybridized carbons (Fsp3) is 0.286. The first-order valence-corrected chi connectivity index (χ1v) is 9.53. The topological polar surface area (TPSA) is 108 Å². The number of nitrogens with zero attached hydrogens (tertiary/aromatic N) is 4. The molecule has 2 aromatic heterocycles. The van der Waals surface area contributed by atoms with Gasteiger partial charge < -0.3 is 14.8 Å². The van der Waals surface area contributed by atoms with Gasteiger partial charge in [-0.2, -0.15) is 5.10 Å². The van der Waals surface area contributed by atoms with Gasteiger partial charge in [-0.15, -0.1) is 10.2 Å². The van der Waals surface area contributed by atoms with Crippen molar-refractivity contribution >= 4 is 11.9 Å². The molecular formula is C21H23N5O4. The van der Waals surface area contributed by atoms with Crippen LogP contribution in [0.1, 0.15) is 35.5 Å². The molecule has 0 saturated heterocycles. The summed E-state index contributed by atoms with van der Waals surface area (Å²) in [5.41, 5.74) is 1.72. The molecular weight excluding hydrogens is 386 g/mol. The van der Waals surface area contributed by atoms with E-state index in [1.165, 1.54) is 17.8 Å². The highest BCUT2D eigenvalue weighted by molar-refractivity contribution is 5.93. The first kappa shape index (κ1) is 21.0. The van der Waals surface area contributed by atoms with Crippen LogP contribution in [0.4, 0.5) is 0 Å². The lowest BCUT2D eigenvalue weighted by Gasteiger charge is -2.13. The SMILES string of the molecule is CCOc1ccc(-n2ncc(C(=O)OC(C)C(=O)NCc3ccccc3)c2C)nn1. The number of carbonyl (C=O) groups excluding carboxylic acids is 2. The van der Waals surface area contributed by atoms with Gasteiger partial charge in [-0.3, -0.25) is 4.79 Å². The molecule has 1 amide bonds. The predicted molar refractivity (Wildman–Crippen MR) is 108 cm³/mol. The van der Waals surface area contributed by atoms with Crippen LogP contribution in [-0.2, 0) is 16.1 Å². The van der Waals surface area contributed by atoms with Gasteiger partial charge in [-0.25, -0.2) is 9.48 Å². The summed E-state index contributed by atoms with van der Waals surface area (Å²) in [6.07, 6.45) is 0.430. The number of benzene rings is 1. The fourth-order valence-electron chi connectivity index (χ4n) is 2.70. The van der Waals surface area contributed by atoms with Gasteiger partial charge in [-0.05, 0) is 32.4 Å². The van der Waals surface area contributed by atoms with Gasteiger partial charge in [0.15, 0.2) is 11.9 Å². The molecule has 0 radical (unpaired) electrons. The molecule has 30 heavy (non-hydrogen) atoms. The van der Waals surface area contributed by atoms with Crippen LogP contribution >= 0.6 is 0 Å². The Labute approximate surface area is 174 Å². The Bertz CT molecular complexity index is 1000. The van der Waals surface area contributed by atoms with E-state index in [0.717, 1.165) is 5.56 Å². The van der Waals surface area contributed by atoms with Gasteiger partial charge in [0.25, 0.3) is 5.91 Å². The standard InChI is InChI=1S/C21H23N5O4/c1-4-29-19-11-10-18(24-25-19)26-14(2)17(13-23-26)21(28)30-15(3)20(27)22-12-16-8-6-5-7-9-16/h5-11,13,15H,4,12H2,1-3H3,(H,22,27). The molecule has 0 aliphatic rings. The number of aromatic nitrogens is 4. The van der Waals surface area contributed by atoms with Crippen LogP contribution in [0.25, 0.3) is 5.82 Å². The molecule has 0 aliphatic carbocycles. The van der Waals surface area contributed by atoms with Crippen molar-refractivity contribution in [2.75, 3.05) is 6.61 Å². The fourth-order valence-corrected chi connectivity index (χ4v) is 2.70. The van der Waals surface area contributed by atoms with Crippen molar-refractivity contribution in [3.8, 4) is 11.7 Å². The second kappa shape index (κ2) is 9.64. The van der Waals surface area contributed by atoms with Crippen LogP contribution in [0, 0.1) is 6.92 Å². The maximum absolute atomic E-state index is 12.5. The monoisotopic (exact) mass is 409 g/mol. The van der Waals surface area contributed by atoms with Crippen molar-refractivity contribution in [1.82, 2.24) is 25.3 Å². The molecule has 1 atom stereocenters. The predicted octanol–water partition coefficient (Wildman–Crippen LogP) is 2.23. The maximum atomic E-state index is 12.5. The molecule has 2 heterocycles. The molecule has 3 rings (SSSR count). The lowest BCUT2D eigenvalue weighted by Crippen LogP contribution is -2.35. The Morgan fingerprint density at radius 3 is 2.57 bits per heavy atom. The minimum atomic E-state index is -0.950. The van der Waals surface area contributed by atoms with Crippen molar-refractivity contribution in [3.05, 3.63) is 65.5 Å². The van der Waals surface area contributed by atoms with Crippen molar-refractivity contribution in [3.63, 3.8) is 0 Å². The quantitative estimate of drug-likeness (QED) is 0.568. The summed E-state index contributed by atoms with van der Waals surface area (Å²) < 4.78 is 12.0. The summed E-state index contributed by atoms with van der Waals surface area (Å²) in [6.45, 7) is 5.93. The van der Waals surface area contributed by atoms with Crippen LogP contribution in [-0.4, -0.2) is 44.6 Å². The molecule has 0 bridgehead atoms. The van der Waals surface area contributed by atoms with Crippen molar-refractivity contribution in [2.45, 2.75) is 33.4 Å². The summed E-state index contributed by atoms with van der Waals surface area (Å²) in [4.78, 5) is 24.8. The molecule has 0 spiro atoms. The van der Waals surface area contributed by atoms with Gasteiger partial charge >= 0.3 is 5.97 Å².